The van der Waals surface area contributed by atoms with Crippen molar-refractivity contribution in [2.45, 2.75) is 10.1 Å². The van der Waals surface area contributed by atoms with Gasteiger partial charge in [0.05, 0.1) is 10.6 Å². The van der Waals surface area contributed by atoms with Crippen LogP contribution in [0.2, 0.25) is 5.02 Å². The Labute approximate surface area is 174 Å². The van der Waals surface area contributed by atoms with Gasteiger partial charge in [0.15, 0.2) is 5.16 Å². The highest BCUT2D eigenvalue weighted by atomic mass is 35.5. The van der Waals surface area contributed by atoms with Crippen molar-refractivity contribution < 1.29 is 14.1 Å². The van der Waals surface area contributed by atoms with Gasteiger partial charge in [-0.25, -0.2) is 9.37 Å². The van der Waals surface area contributed by atoms with Gasteiger partial charge in [0, 0.05) is 36.5 Å². The fourth-order valence-corrected chi connectivity index (χ4v) is 3.41. The minimum atomic E-state index is -0.604. The molecule has 0 saturated heterocycles. The van der Waals surface area contributed by atoms with Crippen molar-refractivity contribution in [3.63, 3.8) is 0 Å². The fourth-order valence-electron chi connectivity index (χ4n) is 2.36. The van der Waals surface area contributed by atoms with Crippen LogP contribution < -0.4 is 5.32 Å². The molecular weight excluding hydrogens is 419 g/mol. The van der Waals surface area contributed by atoms with Gasteiger partial charge in [-0.1, -0.05) is 17.7 Å². The van der Waals surface area contributed by atoms with Crippen molar-refractivity contribution >= 4 is 46.7 Å². The molecule has 0 spiro atoms. The number of halogens is 2. The van der Waals surface area contributed by atoms with E-state index in [1.54, 1.807) is 29.1 Å². The van der Waals surface area contributed by atoms with Gasteiger partial charge in [-0.05, 0) is 47.7 Å². The van der Waals surface area contributed by atoms with Crippen molar-refractivity contribution in [1.29, 1.82) is 0 Å². The standard InChI is InChI=1S/C19H14ClFN4O3S/c1-24-9-8-22-19(24)29-17-6-4-13(21)11-15(17)23-18(26)7-3-12-2-5-14(20)16(10-12)25(27)28/h2-11H,1H3,(H,23,26)/b7-3+. The number of amides is 1. The number of hydrogen-bond acceptors (Lipinski definition) is 5. The zero-order valence-corrected chi connectivity index (χ0v) is 16.6. The molecule has 0 saturated carbocycles. The van der Waals surface area contributed by atoms with Crippen LogP contribution in [0.5, 0.6) is 0 Å². The van der Waals surface area contributed by atoms with E-state index in [1.807, 2.05) is 7.05 Å². The van der Waals surface area contributed by atoms with Gasteiger partial charge in [-0.2, -0.15) is 0 Å². The molecule has 0 atom stereocenters. The van der Waals surface area contributed by atoms with E-state index in [0.29, 0.717) is 15.6 Å². The molecule has 0 unspecified atom stereocenters. The predicted molar refractivity (Wildman–Crippen MR) is 110 cm³/mol. The summed E-state index contributed by atoms with van der Waals surface area (Å²) in [5.74, 6) is -1.02. The van der Waals surface area contributed by atoms with Crippen LogP contribution in [0.4, 0.5) is 15.8 Å². The molecule has 1 amide bonds. The van der Waals surface area contributed by atoms with Gasteiger partial charge < -0.3 is 9.88 Å². The third-order valence-electron chi connectivity index (χ3n) is 3.77. The van der Waals surface area contributed by atoms with Gasteiger partial charge in [0.1, 0.15) is 10.8 Å². The fraction of sp³-hybridized carbons (Fsp3) is 0.0526. The number of imidazole rings is 1. The SMILES string of the molecule is Cn1ccnc1Sc1ccc(F)cc1NC(=O)/C=C/c1ccc(Cl)c([N+](=O)[O-])c1. The maximum Gasteiger partial charge on any atom is 0.288 e. The number of carbonyl (C=O) groups excluding carboxylic acids is 1. The summed E-state index contributed by atoms with van der Waals surface area (Å²) >= 11 is 7.05. The average molecular weight is 433 g/mol. The van der Waals surface area contributed by atoms with Crippen LogP contribution in [0.15, 0.2) is 64.9 Å². The van der Waals surface area contributed by atoms with Gasteiger partial charge in [0.25, 0.3) is 5.69 Å². The highest BCUT2D eigenvalue weighted by Crippen LogP contribution is 2.33. The lowest BCUT2D eigenvalue weighted by Crippen LogP contribution is -2.09. The van der Waals surface area contributed by atoms with Crippen molar-refractivity contribution in [3.8, 4) is 0 Å². The number of benzene rings is 2. The molecule has 0 aliphatic rings. The first-order valence-corrected chi connectivity index (χ1v) is 9.40. The van der Waals surface area contributed by atoms with E-state index in [-0.39, 0.29) is 16.4 Å². The Hall–Kier alpha value is -3.17. The maximum atomic E-state index is 13.7. The van der Waals surface area contributed by atoms with E-state index < -0.39 is 16.6 Å². The highest BCUT2D eigenvalue weighted by Gasteiger charge is 2.13. The molecule has 1 N–H and O–H groups in total. The van der Waals surface area contributed by atoms with E-state index in [0.717, 1.165) is 0 Å². The van der Waals surface area contributed by atoms with Gasteiger partial charge in [-0.15, -0.1) is 0 Å². The summed E-state index contributed by atoms with van der Waals surface area (Å²) < 4.78 is 15.5. The van der Waals surface area contributed by atoms with Crippen LogP contribution in [0, 0.1) is 15.9 Å². The maximum absolute atomic E-state index is 13.7. The Morgan fingerprint density at radius 3 is 2.83 bits per heavy atom. The molecule has 10 heteroatoms. The Bertz CT molecular complexity index is 1120. The van der Waals surface area contributed by atoms with Gasteiger partial charge in [0.2, 0.25) is 5.91 Å². The quantitative estimate of drug-likeness (QED) is 0.339. The van der Waals surface area contributed by atoms with E-state index in [1.165, 1.54) is 48.2 Å². The van der Waals surface area contributed by atoms with Crippen molar-refractivity contribution in [2.24, 2.45) is 7.05 Å². The van der Waals surface area contributed by atoms with E-state index in [9.17, 15) is 19.3 Å². The number of aromatic nitrogens is 2. The summed E-state index contributed by atoms with van der Waals surface area (Å²) in [5, 5.41) is 14.3. The number of nitro benzene ring substituents is 1. The summed E-state index contributed by atoms with van der Waals surface area (Å²) in [7, 11) is 1.82. The Morgan fingerprint density at radius 1 is 1.34 bits per heavy atom. The lowest BCUT2D eigenvalue weighted by Gasteiger charge is -2.09. The van der Waals surface area contributed by atoms with E-state index >= 15 is 0 Å². The van der Waals surface area contributed by atoms with Gasteiger partial charge >= 0.3 is 0 Å². The number of anilines is 1. The monoisotopic (exact) mass is 432 g/mol. The normalized spacial score (nSPS) is 11.0. The second-order valence-corrected chi connectivity index (χ2v) is 7.27. The highest BCUT2D eigenvalue weighted by molar-refractivity contribution is 7.99. The molecule has 0 aliphatic carbocycles. The number of carbonyl (C=O) groups is 1. The Morgan fingerprint density at radius 2 is 2.14 bits per heavy atom. The molecule has 0 radical (unpaired) electrons. The second kappa shape index (κ2) is 8.89. The molecule has 1 aromatic heterocycles. The summed E-state index contributed by atoms with van der Waals surface area (Å²) in [6.07, 6.45) is 6.02. The lowest BCUT2D eigenvalue weighted by atomic mass is 10.2. The molecule has 2 aromatic carbocycles. The summed E-state index contributed by atoms with van der Waals surface area (Å²) in [6.45, 7) is 0. The molecule has 29 heavy (non-hydrogen) atoms. The minimum Gasteiger partial charge on any atom is -0.329 e. The van der Waals surface area contributed by atoms with Crippen molar-refractivity contribution in [2.75, 3.05) is 5.32 Å². The molecule has 3 rings (SSSR count). The van der Waals surface area contributed by atoms with Crippen LogP contribution in [-0.4, -0.2) is 20.4 Å². The summed E-state index contributed by atoms with van der Waals surface area (Å²) in [4.78, 5) is 27.5. The molecule has 7 nitrogen and oxygen atoms in total. The minimum absolute atomic E-state index is 0.00677. The number of nitrogens with zero attached hydrogens (tertiary/aromatic N) is 3. The zero-order chi connectivity index (χ0) is 21.0. The largest absolute Gasteiger partial charge is 0.329 e. The molecule has 0 bridgehead atoms. The molecule has 3 aromatic rings. The van der Waals surface area contributed by atoms with Crippen molar-refractivity contribution in [1.82, 2.24) is 9.55 Å². The van der Waals surface area contributed by atoms with Crippen LogP contribution in [0.1, 0.15) is 5.56 Å². The number of nitro groups is 1. The molecular formula is C19H14ClFN4O3S. The number of aryl methyl sites for hydroxylation is 1. The first kappa shape index (κ1) is 20.6. The number of rotatable bonds is 6. The molecule has 1 heterocycles. The van der Waals surface area contributed by atoms with Gasteiger partial charge in [-0.3, -0.25) is 14.9 Å². The third-order valence-corrected chi connectivity index (χ3v) is 5.24. The molecule has 0 aliphatic heterocycles. The Kier molecular flexibility index (Phi) is 6.30. The zero-order valence-electron chi connectivity index (χ0n) is 15.0. The number of hydrogen-bond donors (Lipinski definition) is 1. The number of nitrogens with one attached hydrogen (secondary N) is 1. The molecule has 148 valence electrons. The van der Waals surface area contributed by atoms with Crippen LogP contribution in [-0.2, 0) is 11.8 Å². The molecule has 0 fully saturated rings. The smallest absolute Gasteiger partial charge is 0.288 e. The predicted octanol–water partition coefficient (Wildman–Crippen LogP) is 4.92. The second-order valence-electron chi connectivity index (χ2n) is 5.85. The van der Waals surface area contributed by atoms with Crippen molar-refractivity contribution in [3.05, 3.63) is 81.4 Å². The Balaban J connectivity index is 1.78. The van der Waals surface area contributed by atoms with E-state index in [4.69, 9.17) is 11.6 Å². The average Bonchev–Trinajstić information content (AvgIpc) is 3.07. The van der Waals surface area contributed by atoms with Crippen LogP contribution >= 0.6 is 23.4 Å². The third kappa shape index (κ3) is 5.21. The first-order valence-electron chi connectivity index (χ1n) is 8.21. The first-order chi connectivity index (χ1) is 13.8. The summed E-state index contributed by atoms with van der Waals surface area (Å²) in [6, 6.07) is 8.25. The van der Waals surface area contributed by atoms with Crippen LogP contribution in [0.25, 0.3) is 6.08 Å². The van der Waals surface area contributed by atoms with Crippen LogP contribution in [0.3, 0.4) is 0 Å². The van der Waals surface area contributed by atoms with E-state index in [2.05, 4.69) is 10.3 Å². The topological polar surface area (TPSA) is 90.1 Å². The lowest BCUT2D eigenvalue weighted by molar-refractivity contribution is -0.384. The summed E-state index contributed by atoms with van der Waals surface area (Å²) in [5.41, 5.74) is 0.459.